The van der Waals surface area contributed by atoms with E-state index in [9.17, 15) is 15.3 Å². The third-order valence-electron chi connectivity index (χ3n) is 9.14. The average Bonchev–Trinajstić information content (AvgIpc) is 3.46. The lowest BCUT2D eigenvalue weighted by Crippen LogP contribution is -2.33. The Kier molecular flexibility index (Phi) is 7.72. The molecule has 0 spiro atoms. The number of aromatic nitrogens is 4. The SMILES string of the molecule is CC1=C2C(=CCC[C@]2(C)CC/C(C)=C/CNc2ncnc3c2ncn3[C@@H]2O[C@H](CO)C(O)[C@@H]2O)C(C)(C)CC1. The van der Waals surface area contributed by atoms with Crippen molar-refractivity contribution in [2.45, 2.75) is 97.7 Å². The maximum atomic E-state index is 10.4. The van der Waals surface area contributed by atoms with Crippen molar-refractivity contribution in [3.8, 4) is 0 Å². The van der Waals surface area contributed by atoms with Crippen LogP contribution in [0, 0.1) is 10.8 Å². The highest BCUT2D eigenvalue weighted by molar-refractivity contribution is 5.82. The molecule has 0 radical (unpaired) electrons. The van der Waals surface area contributed by atoms with Gasteiger partial charge in [0.15, 0.2) is 23.2 Å². The summed E-state index contributed by atoms with van der Waals surface area (Å²) in [5, 5.41) is 33.3. The maximum absolute atomic E-state index is 10.4. The van der Waals surface area contributed by atoms with Gasteiger partial charge in [0.1, 0.15) is 24.6 Å². The second-order valence-electron chi connectivity index (χ2n) is 12.5. The van der Waals surface area contributed by atoms with E-state index in [0.717, 1.165) is 19.3 Å². The van der Waals surface area contributed by atoms with Crippen LogP contribution in [0.5, 0.6) is 0 Å². The van der Waals surface area contributed by atoms with E-state index in [1.807, 2.05) is 0 Å². The molecule has 2 aliphatic carbocycles. The summed E-state index contributed by atoms with van der Waals surface area (Å²) in [6.45, 7) is 12.0. The minimum absolute atomic E-state index is 0.218. The number of allylic oxidation sites excluding steroid dienone is 5. The summed E-state index contributed by atoms with van der Waals surface area (Å²) in [5.41, 5.74) is 7.66. The normalized spacial score (nSPS) is 31.0. The predicted octanol–water partition coefficient (Wildman–Crippen LogP) is 4.44. The predicted molar refractivity (Wildman–Crippen MR) is 151 cm³/mol. The topological polar surface area (TPSA) is 126 Å². The Morgan fingerprint density at radius 2 is 1.97 bits per heavy atom. The number of rotatable bonds is 8. The summed E-state index contributed by atoms with van der Waals surface area (Å²) in [5.74, 6) is 0.591. The molecule has 3 aliphatic rings. The van der Waals surface area contributed by atoms with Crippen LogP contribution >= 0.6 is 0 Å². The lowest BCUT2D eigenvalue weighted by Gasteiger charge is -2.47. The number of aliphatic hydroxyl groups excluding tert-OH is 3. The van der Waals surface area contributed by atoms with E-state index in [1.54, 1.807) is 21.3 Å². The molecule has 5 rings (SSSR count). The monoisotopic (exact) mass is 537 g/mol. The van der Waals surface area contributed by atoms with Crippen molar-refractivity contribution >= 4 is 17.0 Å². The molecule has 4 N–H and O–H groups in total. The first-order chi connectivity index (χ1) is 18.6. The molecule has 39 heavy (non-hydrogen) atoms. The molecule has 1 unspecified atom stereocenters. The number of aliphatic hydroxyl groups is 3. The molecule has 1 aliphatic heterocycles. The Labute approximate surface area is 230 Å². The van der Waals surface area contributed by atoms with Crippen LogP contribution in [0.15, 0.2) is 47.1 Å². The molecule has 5 atom stereocenters. The van der Waals surface area contributed by atoms with Crippen molar-refractivity contribution in [3.05, 3.63) is 47.1 Å². The van der Waals surface area contributed by atoms with Gasteiger partial charge in [-0.25, -0.2) is 15.0 Å². The standard InChI is InChI=1S/C30H43N5O4/c1-18(8-13-30(5)11-6-7-20-22(30)19(2)9-12-29(20,3)4)10-14-31-26-23-27(33-16-32-26)35(17-34-23)28-25(38)24(37)21(15-36)39-28/h7,10,16-17,21,24-25,28,36-38H,6,8-9,11-15H2,1-5H3,(H,31,32,33)/b18-10+/t21-,24?,25+,28-,30-/m1/s1. The van der Waals surface area contributed by atoms with E-state index < -0.39 is 24.5 Å². The summed E-state index contributed by atoms with van der Waals surface area (Å²) in [4.78, 5) is 13.1. The van der Waals surface area contributed by atoms with Gasteiger partial charge in [-0.1, -0.05) is 44.1 Å². The minimum Gasteiger partial charge on any atom is -0.394 e. The summed E-state index contributed by atoms with van der Waals surface area (Å²) in [7, 11) is 0. The van der Waals surface area contributed by atoms with Gasteiger partial charge >= 0.3 is 0 Å². The fourth-order valence-electron chi connectivity index (χ4n) is 6.63. The van der Waals surface area contributed by atoms with E-state index in [0.29, 0.717) is 23.5 Å². The quantitative estimate of drug-likeness (QED) is 0.364. The molecule has 9 nitrogen and oxygen atoms in total. The van der Waals surface area contributed by atoms with Gasteiger partial charge in [0, 0.05) is 6.54 Å². The van der Waals surface area contributed by atoms with Gasteiger partial charge < -0.3 is 25.4 Å². The summed E-state index contributed by atoms with van der Waals surface area (Å²) < 4.78 is 7.23. The van der Waals surface area contributed by atoms with Gasteiger partial charge in [0.05, 0.1) is 12.9 Å². The Balaban J connectivity index is 1.24. The summed E-state index contributed by atoms with van der Waals surface area (Å²) in [6.07, 6.45) is 10.5. The number of ether oxygens (including phenoxy) is 1. The van der Waals surface area contributed by atoms with Crippen LogP contribution in [0.4, 0.5) is 5.82 Å². The molecule has 0 amide bonds. The van der Waals surface area contributed by atoms with Gasteiger partial charge in [-0.3, -0.25) is 4.57 Å². The molecular formula is C30H43N5O4. The zero-order chi connectivity index (χ0) is 27.9. The second-order valence-corrected chi connectivity index (χ2v) is 12.5. The van der Waals surface area contributed by atoms with Gasteiger partial charge in [-0.2, -0.15) is 0 Å². The van der Waals surface area contributed by atoms with Crippen LogP contribution in [0.3, 0.4) is 0 Å². The van der Waals surface area contributed by atoms with E-state index >= 15 is 0 Å². The van der Waals surface area contributed by atoms with Crippen molar-refractivity contribution in [1.82, 2.24) is 19.5 Å². The Morgan fingerprint density at radius 1 is 1.18 bits per heavy atom. The molecule has 1 fully saturated rings. The summed E-state index contributed by atoms with van der Waals surface area (Å²) >= 11 is 0. The minimum atomic E-state index is -1.20. The van der Waals surface area contributed by atoms with Crippen LogP contribution in [-0.2, 0) is 4.74 Å². The van der Waals surface area contributed by atoms with Crippen LogP contribution in [0.1, 0.15) is 79.4 Å². The summed E-state index contributed by atoms with van der Waals surface area (Å²) in [6, 6.07) is 0. The van der Waals surface area contributed by atoms with E-state index in [2.05, 4.69) is 67.0 Å². The average molecular weight is 538 g/mol. The van der Waals surface area contributed by atoms with Crippen molar-refractivity contribution in [2.75, 3.05) is 18.5 Å². The van der Waals surface area contributed by atoms with Gasteiger partial charge in [0.2, 0.25) is 0 Å². The number of anilines is 1. The third-order valence-corrected chi connectivity index (χ3v) is 9.14. The van der Waals surface area contributed by atoms with Crippen molar-refractivity contribution in [3.63, 3.8) is 0 Å². The van der Waals surface area contributed by atoms with Crippen molar-refractivity contribution < 1.29 is 20.1 Å². The Bertz CT molecular complexity index is 1310. The smallest absolute Gasteiger partial charge is 0.167 e. The highest BCUT2D eigenvalue weighted by Gasteiger charge is 2.44. The molecule has 0 aromatic carbocycles. The van der Waals surface area contributed by atoms with E-state index in [4.69, 9.17) is 4.74 Å². The highest BCUT2D eigenvalue weighted by Crippen LogP contribution is 2.55. The Hall–Kier alpha value is -2.59. The number of hydrogen-bond donors (Lipinski definition) is 4. The van der Waals surface area contributed by atoms with Gasteiger partial charge in [-0.05, 0) is 74.3 Å². The first-order valence-corrected chi connectivity index (χ1v) is 14.2. The second kappa shape index (κ2) is 10.8. The molecular weight excluding hydrogens is 494 g/mol. The molecule has 0 bridgehead atoms. The van der Waals surface area contributed by atoms with Crippen LogP contribution < -0.4 is 5.32 Å². The van der Waals surface area contributed by atoms with Gasteiger partial charge in [-0.15, -0.1) is 0 Å². The molecule has 3 heterocycles. The van der Waals surface area contributed by atoms with E-state index in [1.165, 1.54) is 37.5 Å². The Morgan fingerprint density at radius 3 is 2.72 bits per heavy atom. The van der Waals surface area contributed by atoms with Crippen LogP contribution in [0.2, 0.25) is 0 Å². The van der Waals surface area contributed by atoms with E-state index in [-0.39, 0.29) is 17.4 Å². The first kappa shape index (κ1) is 28.0. The number of fused-ring (bicyclic) bond motifs is 2. The fraction of sp³-hybridized carbons (Fsp3) is 0.633. The lowest BCUT2D eigenvalue weighted by atomic mass is 9.58. The molecule has 0 saturated carbocycles. The molecule has 1 saturated heterocycles. The number of nitrogens with zero attached hydrogens (tertiary/aromatic N) is 4. The fourth-order valence-corrected chi connectivity index (χ4v) is 6.63. The largest absolute Gasteiger partial charge is 0.394 e. The van der Waals surface area contributed by atoms with Crippen LogP contribution in [0.25, 0.3) is 11.2 Å². The third kappa shape index (κ3) is 5.17. The zero-order valence-corrected chi connectivity index (χ0v) is 23.8. The van der Waals surface area contributed by atoms with Gasteiger partial charge in [0.25, 0.3) is 0 Å². The molecule has 212 valence electrons. The highest BCUT2D eigenvalue weighted by atomic mass is 16.6. The van der Waals surface area contributed by atoms with Crippen molar-refractivity contribution in [1.29, 1.82) is 0 Å². The first-order valence-electron chi connectivity index (χ1n) is 14.2. The maximum Gasteiger partial charge on any atom is 0.167 e. The zero-order valence-electron chi connectivity index (χ0n) is 23.8. The van der Waals surface area contributed by atoms with Crippen LogP contribution in [-0.4, -0.2) is 66.3 Å². The molecule has 2 aromatic heterocycles. The number of hydrogen-bond acceptors (Lipinski definition) is 8. The number of imidazole rings is 1. The number of nitrogens with one attached hydrogen (secondary N) is 1. The molecule has 9 heteroatoms. The van der Waals surface area contributed by atoms with Crippen molar-refractivity contribution in [2.24, 2.45) is 10.8 Å². The molecule has 2 aromatic rings. The lowest BCUT2D eigenvalue weighted by molar-refractivity contribution is -0.0511.